The Morgan fingerprint density at radius 1 is 1.20 bits per heavy atom. The second-order valence-corrected chi connectivity index (χ2v) is 5.93. The van der Waals surface area contributed by atoms with Gasteiger partial charge in [0, 0.05) is 0 Å². The Bertz CT molecular complexity index is 766. The molecule has 0 aromatic heterocycles. The summed E-state index contributed by atoms with van der Waals surface area (Å²) in [5.41, 5.74) is -0.414. The van der Waals surface area contributed by atoms with Gasteiger partial charge in [-0.2, -0.15) is 18.4 Å². The lowest BCUT2D eigenvalue weighted by atomic mass is 9.98. The predicted octanol–water partition coefficient (Wildman–Crippen LogP) is 4.93. The van der Waals surface area contributed by atoms with Crippen LogP contribution in [0.3, 0.4) is 0 Å². The molecule has 3 nitrogen and oxygen atoms in total. The minimum absolute atomic E-state index is 0.0934. The highest BCUT2D eigenvalue weighted by Crippen LogP contribution is 2.34. The minimum Gasteiger partial charge on any atom is -0.508 e. The first-order chi connectivity index (χ1) is 11.8. The maximum absolute atomic E-state index is 12.9. The number of nitrogens with zero attached hydrogens (tertiary/aromatic N) is 1. The summed E-state index contributed by atoms with van der Waals surface area (Å²) in [6.45, 7) is 2.27. The molecule has 132 valence electrons. The molecule has 1 unspecified atom stereocenters. The maximum atomic E-state index is 12.9. The third-order valence-corrected chi connectivity index (χ3v) is 3.79. The Morgan fingerprint density at radius 2 is 1.96 bits per heavy atom. The molecule has 6 heteroatoms. The van der Waals surface area contributed by atoms with Crippen molar-refractivity contribution in [3.63, 3.8) is 0 Å². The number of phenolic OH excluding ortho intramolecular Hbond substituents is 1. The van der Waals surface area contributed by atoms with Gasteiger partial charge in [-0.3, -0.25) is 0 Å². The maximum Gasteiger partial charge on any atom is 0.417 e. The molecule has 0 saturated heterocycles. The third kappa shape index (κ3) is 5.42. The number of phenols is 1. The Balaban J connectivity index is 1.92. The minimum atomic E-state index is -4.59. The summed E-state index contributed by atoms with van der Waals surface area (Å²) >= 11 is 0. The highest BCUT2D eigenvalue weighted by atomic mass is 19.4. The van der Waals surface area contributed by atoms with E-state index in [0.29, 0.717) is 6.42 Å². The van der Waals surface area contributed by atoms with Gasteiger partial charge in [-0.15, -0.1) is 0 Å². The number of hydrogen-bond donors (Lipinski definition) is 1. The lowest BCUT2D eigenvalue weighted by Gasteiger charge is -2.14. The lowest BCUT2D eigenvalue weighted by molar-refractivity contribution is -0.137. The van der Waals surface area contributed by atoms with Gasteiger partial charge in [-0.1, -0.05) is 19.1 Å². The van der Waals surface area contributed by atoms with Crippen LogP contribution in [0.5, 0.6) is 11.5 Å². The number of halogens is 3. The molecule has 0 aliphatic heterocycles. The van der Waals surface area contributed by atoms with Gasteiger partial charge in [0.2, 0.25) is 0 Å². The van der Waals surface area contributed by atoms with Crippen LogP contribution < -0.4 is 4.74 Å². The van der Waals surface area contributed by atoms with Crippen molar-refractivity contribution >= 4 is 0 Å². The summed E-state index contributed by atoms with van der Waals surface area (Å²) in [5, 5.41) is 18.2. The van der Waals surface area contributed by atoms with Crippen molar-refractivity contribution in [3.05, 3.63) is 59.2 Å². The molecule has 2 aromatic carbocycles. The number of ether oxygens (including phenoxy) is 1. The number of benzene rings is 2. The highest BCUT2D eigenvalue weighted by Gasteiger charge is 2.34. The van der Waals surface area contributed by atoms with Crippen LogP contribution >= 0.6 is 0 Å². The first-order valence-corrected chi connectivity index (χ1v) is 7.81. The van der Waals surface area contributed by atoms with Gasteiger partial charge in [0.1, 0.15) is 11.5 Å². The molecule has 0 bridgehead atoms. The van der Waals surface area contributed by atoms with Crippen LogP contribution in [0.25, 0.3) is 0 Å². The molecule has 2 rings (SSSR count). The van der Waals surface area contributed by atoms with E-state index in [-0.39, 0.29) is 24.0 Å². The second-order valence-electron chi connectivity index (χ2n) is 5.93. The topological polar surface area (TPSA) is 53.2 Å². The summed E-state index contributed by atoms with van der Waals surface area (Å²) in [6, 6.07) is 11.9. The van der Waals surface area contributed by atoms with Crippen molar-refractivity contribution in [1.82, 2.24) is 0 Å². The zero-order chi connectivity index (χ0) is 18.4. The molecule has 0 aliphatic carbocycles. The van der Waals surface area contributed by atoms with E-state index < -0.39 is 17.3 Å². The van der Waals surface area contributed by atoms with Crippen molar-refractivity contribution in [2.45, 2.75) is 25.9 Å². The molecule has 1 N–H and O–H groups in total. The summed E-state index contributed by atoms with van der Waals surface area (Å²) in [7, 11) is 0. The molecule has 0 amide bonds. The van der Waals surface area contributed by atoms with E-state index in [2.05, 4.69) is 0 Å². The van der Waals surface area contributed by atoms with Crippen LogP contribution in [0.1, 0.15) is 30.0 Å². The van der Waals surface area contributed by atoms with E-state index in [1.807, 2.05) is 13.0 Å². The molecule has 2 aromatic rings. The molecule has 0 aliphatic rings. The summed E-state index contributed by atoms with van der Waals surface area (Å²) in [5.74, 6) is 0.538. The normalized spacial score (nSPS) is 12.4. The standard InChI is InChI=1S/C19H18F3NO2/c1-13(9-14-3-2-4-16(24)10-14)7-8-25-17-6-5-15(12-23)18(11-17)19(20,21)22/h2-6,10-11,13,24H,7-9H2,1H3. The largest absolute Gasteiger partial charge is 0.508 e. The number of hydrogen-bond acceptors (Lipinski definition) is 3. The predicted molar refractivity (Wildman–Crippen MR) is 87.2 cm³/mol. The van der Waals surface area contributed by atoms with E-state index in [9.17, 15) is 18.3 Å². The Morgan fingerprint density at radius 3 is 2.60 bits per heavy atom. The molecule has 1 atom stereocenters. The summed E-state index contributed by atoms with van der Waals surface area (Å²) in [6.07, 6.45) is -3.21. The molecule has 0 heterocycles. The van der Waals surface area contributed by atoms with E-state index >= 15 is 0 Å². The number of aromatic hydroxyl groups is 1. The van der Waals surface area contributed by atoms with Crippen LogP contribution in [0.15, 0.2) is 42.5 Å². The second kappa shape index (κ2) is 7.93. The summed E-state index contributed by atoms with van der Waals surface area (Å²) in [4.78, 5) is 0. The van der Waals surface area contributed by atoms with Crippen molar-refractivity contribution in [2.75, 3.05) is 6.61 Å². The molecule has 0 fully saturated rings. The van der Waals surface area contributed by atoms with E-state index in [4.69, 9.17) is 10.00 Å². The van der Waals surface area contributed by atoms with E-state index in [0.717, 1.165) is 24.1 Å². The van der Waals surface area contributed by atoms with Crippen LogP contribution in [-0.2, 0) is 12.6 Å². The van der Waals surface area contributed by atoms with Crippen LogP contribution in [0.4, 0.5) is 13.2 Å². The van der Waals surface area contributed by atoms with Gasteiger partial charge in [-0.05, 0) is 54.7 Å². The van der Waals surface area contributed by atoms with Gasteiger partial charge in [0.05, 0.1) is 23.8 Å². The van der Waals surface area contributed by atoms with Crippen molar-refractivity contribution in [3.8, 4) is 17.6 Å². The zero-order valence-electron chi connectivity index (χ0n) is 13.7. The Kier molecular flexibility index (Phi) is 5.92. The van der Waals surface area contributed by atoms with Gasteiger partial charge < -0.3 is 9.84 Å². The van der Waals surface area contributed by atoms with E-state index in [1.165, 1.54) is 12.1 Å². The average molecular weight is 349 g/mol. The number of rotatable bonds is 6. The van der Waals surface area contributed by atoms with E-state index in [1.54, 1.807) is 18.2 Å². The summed E-state index contributed by atoms with van der Waals surface area (Å²) < 4.78 is 44.2. The molecule has 0 spiro atoms. The number of nitriles is 1. The quantitative estimate of drug-likeness (QED) is 0.804. The first-order valence-electron chi connectivity index (χ1n) is 7.81. The molecule has 25 heavy (non-hydrogen) atoms. The van der Waals surface area contributed by atoms with Gasteiger partial charge in [0.25, 0.3) is 0 Å². The van der Waals surface area contributed by atoms with Gasteiger partial charge >= 0.3 is 6.18 Å². The number of alkyl halides is 3. The SMILES string of the molecule is CC(CCOc1ccc(C#N)c(C(F)(F)F)c1)Cc1cccc(O)c1. The smallest absolute Gasteiger partial charge is 0.417 e. The van der Waals surface area contributed by atoms with Gasteiger partial charge in [0.15, 0.2) is 0 Å². The van der Waals surface area contributed by atoms with Gasteiger partial charge in [-0.25, -0.2) is 0 Å². The zero-order valence-corrected chi connectivity index (χ0v) is 13.7. The fraction of sp³-hybridized carbons (Fsp3) is 0.316. The first kappa shape index (κ1) is 18.7. The average Bonchev–Trinajstić information content (AvgIpc) is 2.54. The molecular weight excluding hydrogens is 331 g/mol. The third-order valence-electron chi connectivity index (χ3n) is 3.79. The Hall–Kier alpha value is -2.68. The fourth-order valence-corrected chi connectivity index (χ4v) is 2.51. The van der Waals surface area contributed by atoms with Crippen molar-refractivity contribution < 1.29 is 23.0 Å². The highest BCUT2D eigenvalue weighted by molar-refractivity contribution is 5.44. The van der Waals surface area contributed by atoms with Crippen LogP contribution in [0, 0.1) is 17.2 Å². The molecular formula is C19H18F3NO2. The van der Waals surface area contributed by atoms with Crippen molar-refractivity contribution in [2.24, 2.45) is 5.92 Å². The fourth-order valence-electron chi connectivity index (χ4n) is 2.51. The van der Waals surface area contributed by atoms with Crippen molar-refractivity contribution in [1.29, 1.82) is 5.26 Å². The lowest BCUT2D eigenvalue weighted by Crippen LogP contribution is -2.10. The molecule has 0 radical (unpaired) electrons. The molecule has 0 saturated carbocycles. The monoisotopic (exact) mass is 349 g/mol. The van der Waals surface area contributed by atoms with Crippen LogP contribution in [-0.4, -0.2) is 11.7 Å². The van der Waals surface area contributed by atoms with Crippen LogP contribution in [0.2, 0.25) is 0 Å². The Labute approximate surface area is 144 Å².